The predicted molar refractivity (Wildman–Crippen MR) is 117 cm³/mol. The number of aromatic nitrogens is 2. The number of fused-ring (bicyclic) bond motifs is 1. The van der Waals surface area contributed by atoms with Gasteiger partial charge in [0.2, 0.25) is 11.9 Å². The highest BCUT2D eigenvalue weighted by atomic mass is 35.5. The van der Waals surface area contributed by atoms with E-state index in [1.807, 2.05) is 14.1 Å². The van der Waals surface area contributed by atoms with Gasteiger partial charge in [0.25, 0.3) is 10.0 Å². The molecule has 0 spiro atoms. The number of benzene rings is 1. The molecule has 1 fully saturated rings. The van der Waals surface area contributed by atoms with Crippen LogP contribution in [0.3, 0.4) is 0 Å². The number of anilines is 1. The summed E-state index contributed by atoms with van der Waals surface area (Å²) in [6.45, 7) is 0.658. The van der Waals surface area contributed by atoms with Crippen molar-refractivity contribution in [3.05, 3.63) is 47.2 Å². The molecule has 0 N–H and O–H groups in total. The molecule has 0 aliphatic carbocycles. The van der Waals surface area contributed by atoms with Crippen molar-refractivity contribution in [2.45, 2.75) is 10.8 Å². The molecule has 0 unspecified atom stereocenters. The van der Waals surface area contributed by atoms with Gasteiger partial charge >= 0.3 is 0 Å². The van der Waals surface area contributed by atoms with E-state index in [1.165, 1.54) is 4.31 Å². The minimum Gasteiger partial charge on any atom is -0.347 e. The predicted octanol–water partition coefficient (Wildman–Crippen LogP) is 2.44. The van der Waals surface area contributed by atoms with Gasteiger partial charge in [0, 0.05) is 43.1 Å². The average Bonchev–Trinajstić information content (AvgIpc) is 3.13. The molecule has 158 valence electrons. The van der Waals surface area contributed by atoms with Gasteiger partial charge in [-0.2, -0.15) is 4.31 Å². The number of rotatable bonds is 5. The van der Waals surface area contributed by atoms with E-state index in [-0.39, 0.29) is 23.2 Å². The first-order chi connectivity index (χ1) is 14.2. The number of piperazine rings is 1. The topological polar surface area (TPSA) is 86.7 Å². The highest BCUT2D eigenvalue weighted by molar-refractivity contribution is 7.91. The molecule has 1 saturated heterocycles. The van der Waals surface area contributed by atoms with Crippen LogP contribution >= 0.6 is 22.9 Å². The van der Waals surface area contributed by atoms with Crippen LogP contribution in [-0.4, -0.2) is 67.2 Å². The Bertz CT molecular complexity index is 1210. The summed E-state index contributed by atoms with van der Waals surface area (Å²) >= 11 is 7.16. The maximum atomic E-state index is 13.1. The molecule has 30 heavy (non-hydrogen) atoms. The van der Waals surface area contributed by atoms with Gasteiger partial charge in [-0.15, -0.1) is 11.3 Å². The molecule has 11 heteroatoms. The highest BCUT2D eigenvalue weighted by Gasteiger charge is 2.34. The lowest BCUT2D eigenvalue weighted by molar-refractivity contribution is -0.134. The van der Waals surface area contributed by atoms with Crippen LogP contribution < -0.4 is 4.90 Å². The summed E-state index contributed by atoms with van der Waals surface area (Å²) in [5.41, 5.74) is 0.708. The van der Waals surface area contributed by atoms with Crippen molar-refractivity contribution in [3.8, 4) is 0 Å². The van der Waals surface area contributed by atoms with Crippen molar-refractivity contribution in [2.24, 2.45) is 0 Å². The number of sulfonamides is 1. The summed E-state index contributed by atoms with van der Waals surface area (Å²) in [4.78, 5) is 24.7. The number of halogens is 1. The molecule has 1 aromatic carbocycles. The summed E-state index contributed by atoms with van der Waals surface area (Å²) < 4.78 is 28.4. The molecule has 0 atom stereocenters. The lowest BCUT2D eigenvalue weighted by atomic mass is 10.3. The zero-order chi connectivity index (χ0) is 21.5. The normalized spacial score (nSPS) is 15.7. The van der Waals surface area contributed by atoms with Crippen LogP contribution in [0.5, 0.6) is 0 Å². The van der Waals surface area contributed by atoms with E-state index in [2.05, 4.69) is 9.97 Å². The zero-order valence-electron chi connectivity index (χ0n) is 16.4. The van der Waals surface area contributed by atoms with E-state index >= 15 is 0 Å². The molecule has 4 rings (SSSR count). The fraction of sp³-hybridized carbons (Fsp3) is 0.316. The summed E-state index contributed by atoms with van der Waals surface area (Å²) in [5, 5.41) is 1.37. The van der Waals surface area contributed by atoms with Crippen molar-refractivity contribution >= 4 is 54.9 Å². The first kappa shape index (κ1) is 21.0. The lowest BCUT2D eigenvalue weighted by Crippen LogP contribution is -2.51. The summed E-state index contributed by atoms with van der Waals surface area (Å²) in [6.07, 6.45) is 1.65. The minimum atomic E-state index is -3.75. The van der Waals surface area contributed by atoms with Gasteiger partial charge in [-0.05, 0) is 29.7 Å². The van der Waals surface area contributed by atoms with Gasteiger partial charge < -0.3 is 9.80 Å². The Morgan fingerprint density at radius 3 is 2.73 bits per heavy atom. The number of carbonyl (C=O) groups excluding carboxylic acids is 1. The fourth-order valence-corrected chi connectivity index (χ4v) is 6.39. The van der Waals surface area contributed by atoms with Crippen LogP contribution in [0, 0.1) is 0 Å². The largest absolute Gasteiger partial charge is 0.347 e. The summed E-state index contributed by atoms with van der Waals surface area (Å²) in [7, 11) is -0.0687. The van der Waals surface area contributed by atoms with Crippen molar-refractivity contribution in [1.29, 1.82) is 0 Å². The van der Waals surface area contributed by atoms with Crippen molar-refractivity contribution in [2.75, 3.05) is 38.6 Å². The maximum Gasteiger partial charge on any atom is 0.253 e. The van der Waals surface area contributed by atoms with E-state index < -0.39 is 10.0 Å². The second-order valence-corrected chi connectivity index (χ2v) is 10.8. The molecule has 1 amide bonds. The zero-order valence-corrected chi connectivity index (χ0v) is 18.8. The maximum absolute atomic E-state index is 13.1. The number of amides is 1. The van der Waals surface area contributed by atoms with Crippen LogP contribution in [-0.2, 0) is 21.4 Å². The highest BCUT2D eigenvalue weighted by Crippen LogP contribution is 2.33. The van der Waals surface area contributed by atoms with Crippen molar-refractivity contribution < 1.29 is 13.2 Å². The summed E-state index contributed by atoms with van der Waals surface area (Å²) in [6, 6.07) is 8.65. The quantitative estimate of drug-likeness (QED) is 0.575. The molecule has 1 aliphatic heterocycles. The van der Waals surface area contributed by atoms with Gasteiger partial charge in [0.15, 0.2) is 0 Å². The third-order valence-corrected chi connectivity index (χ3v) is 8.42. The number of carbonyl (C=O) groups is 1. The summed E-state index contributed by atoms with van der Waals surface area (Å²) in [5.74, 6) is 0.310. The first-order valence-corrected chi connectivity index (χ1v) is 11.8. The second-order valence-electron chi connectivity index (χ2n) is 7.14. The van der Waals surface area contributed by atoms with Gasteiger partial charge in [0.05, 0.1) is 18.8 Å². The Hall–Kier alpha value is -2.27. The van der Waals surface area contributed by atoms with E-state index in [0.29, 0.717) is 29.8 Å². The van der Waals surface area contributed by atoms with Crippen molar-refractivity contribution in [3.63, 3.8) is 0 Å². The Kier molecular flexibility index (Phi) is 5.67. The molecule has 2 aromatic heterocycles. The Labute approximate surface area is 183 Å². The van der Waals surface area contributed by atoms with Gasteiger partial charge in [0.1, 0.15) is 4.21 Å². The van der Waals surface area contributed by atoms with E-state index in [4.69, 9.17) is 11.6 Å². The molecule has 0 saturated carbocycles. The van der Waals surface area contributed by atoms with Crippen LogP contribution in [0.1, 0.15) is 5.69 Å². The Morgan fingerprint density at radius 2 is 2.00 bits per heavy atom. The molecule has 0 radical (unpaired) electrons. The van der Waals surface area contributed by atoms with Crippen LogP contribution in [0.15, 0.2) is 40.7 Å². The van der Waals surface area contributed by atoms with Crippen LogP contribution in [0.25, 0.3) is 10.1 Å². The SMILES string of the molecule is CN(C)c1nccc(CN2CCN(S(=O)(=O)c3cc4ccc(Cl)cc4s3)CC2=O)n1. The third-order valence-electron chi connectivity index (χ3n) is 4.79. The fourth-order valence-electron chi connectivity index (χ4n) is 3.18. The van der Waals surface area contributed by atoms with Crippen LogP contribution in [0.4, 0.5) is 5.95 Å². The average molecular weight is 466 g/mol. The smallest absolute Gasteiger partial charge is 0.253 e. The number of hydrogen-bond donors (Lipinski definition) is 0. The molecule has 3 heterocycles. The minimum absolute atomic E-state index is 0.192. The van der Waals surface area contributed by atoms with E-state index in [9.17, 15) is 13.2 Å². The van der Waals surface area contributed by atoms with Gasteiger partial charge in [-0.25, -0.2) is 18.4 Å². The van der Waals surface area contributed by atoms with Crippen LogP contribution in [0.2, 0.25) is 5.02 Å². The third kappa shape index (κ3) is 4.13. The number of hydrogen-bond acceptors (Lipinski definition) is 7. The monoisotopic (exact) mass is 465 g/mol. The van der Waals surface area contributed by atoms with Gasteiger partial charge in [-0.3, -0.25) is 4.79 Å². The standard InChI is InChI=1S/C19H20ClN5O3S2/c1-23(2)19-21-6-5-15(22-19)11-24-7-8-25(12-17(24)26)30(27,28)18-9-13-3-4-14(20)10-16(13)29-18/h3-6,9-10H,7-8,11-12H2,1-2H3. The molecule has 3 aromatic rings. The molecule has 8 nitrogen and oxygen atoms in total. The number of nitrogens with zero attached hydrogens (tertiary/aromatic N) is 5. The van der Waals surface area contributed by atoms with Crippen molar-refractivity contribution in [1.82, 2.24) is 19.2 Å². The molecule has 0 bridgehead atoms. The second kappa shape index (κ2) is 8.10. The number of thiophene rings is 1. The van der Waals surface area contributed by atoms with Gasteiger partial charge in [-0.1, -0.05) is 17.7 Å². The lowest BCUT2D eigenvalue weighted by Gasteiger charge is -2.33. The van der Waals surface area contributed by atoms with E-state index in [1.54, 1.807) is 46.3 Å². The Balaban J connectivity index is 1.49. The first-order valence-electron chi connectivity index (χ1n) is 9.20. The van der Waals surface area contributed by atoms with E-state index in [0.717, 1.165) is 21.4 Å². The molecular weight excluding hydrogens is 446 g/mol. The molecular formula is C19H20ClN5O3S2. The Morgan fingerprint density at radius 1 is 1.20 bits per heavy atom. The molecule has 1 aliphatic rings.